The number of hydrogen-bond acceptors (Lipinski definition) is 3. The molecule has 0 aromatic rings. The normalized spacial score (nSPS) is 41.2. The molecule has 1 heterocycles. The molecule has 0 spiro atoms. The standard InChI is InChI=1S/C13H26N2O/c1-4-7-15-9-13(14)10-6-5-8-16-11(10)12(13,2)3/h10-11,15H,4-9,14H2,1-3H3. The Bertz CT molecular complexity index is 254. The van der Waals surface area contributed by atoms with Crippen LogP contribution in [0, 0.1) is 11.3 Å². The third-order valence-electron chi connectivity index (χ3n) is 4.74. The van der Waals surface area contributed by atoms with Crippen LogP contribution in [0.5, 0.6) is 0 Å². The number of nitrogens with two attached hydrogens (primary N) is 1. The van der Waals surface area contributed by atoms with Crippen LogP contribution in [-0.2, 0) is 4.74 Å². The lowest BCUT2D eigenvalue weighted by Crippen LogP contribution is -2.80. The van der Waals surface area contributed by atoms with E-state index < -0.39 is 0 Å². The molecule has 2 fully saturated rings. The summed E-state index contributed by atoms with van der Waals surface area (Å²) in [5.41, 5.74) is 6.67. The van der Waals surface area contributed by atoms with E-state index in [2.05, 4.69) is 26.1 Å². The SMILES string of the molecule is CCCNCC1(N)C2CCCOC2C1(C)C. The van der Waals surface area contributed by atoms with Crippen LogP contribution < -0.4 is 11.1 Å². The van der Waals surface area contributed by atoms with Crippen molar-refractivity contribution in [2.75, 3.05) is 19.7 Å². The van der Waals surface area contributed by atoms with Crippen molar-refractivity contribution in [1.29, 1.82) is 0 Å². The topological polar surface area (TPSA) is 47.3 Å². The van der Waals surface area contributed by atoms with Gasteiger partial charge in [-0.05, 0) is 25.8 Å². The number of fused-ring (bicyclic) bond motifs is 1. The molecule has 3 heteroatoms. The molecule has 94 valence electrons. The molecule has 1 saturated heterocycles. The van der Waals surface area contributed by atoms with Crippen molar-refractivity contribution in [3.63, 3.8) is 0 Å². The van der Waals surface area contributed by atoms with Crippen molar-refractivity contribution >= 4 is 0 Å². The van der Waals surface area contributed by atoms with Crippen LogP contribution in [0.3, 0.4) is 0 Å². The summed E-state index contributed by atoms with van der Waals surface area (Å²) in [6.45, 7) is 9.61. The maximum atomic E-state index is 6.63. The Labute approximate surface area is 99.1 Å². The van der Waals surface area contributed by atoms with Gasteiger partial charge in [0.2, 0.25) is 0 Å². The van der Waals surface area contributed by atoms with Crippen LogP contribution in [0.15, 0.2) is 0 Å². The van der Waals surface area contributed by atoms with Crippen molar-refractivity contribution in [3.8, 4) is 0 Å². The van der Waals surface area contributed by atoms with E-state index in [1.807, 2.05) is 0 Å². The first-order valence-corrected chi connectivity index (χ1v) is 6.65. The zero-order valence-electron chi connectivity index (χ0n) is 10.9. The van der Waals surface area contributed by atoms with E-state index >= 15 is 0 Å². The Balaban J connectivity index is 2.01. The molecular formula is C13H26N2O. The van der Waals surface area contributed by atoms with Crippen molar-refractivity contribution in [1.82, 2.24) is 5.32 Å². The highest BCUT2D eigenvalue weighted by atomic mass is 16.5. The third-order valence-corrected chi connectivity index (χ3v) is 4.74. The second kappa shape index (κ2) is 4.28. The predicted octanol–water partition coefficient (Wildman–Crippen LogP) is 1.52. The molecule has 0 amide bonds. The van der Waals surface area contributed by atoms with Crippen LogP contribution in [0.2, 0.25) is 0 Å². The molecule has 2 rings (SSSR count). The summed E-state index contributed by atoms with van der Waals surface area (Å²) in [5.74, 6) is 0.556. The summed E-state index contributed by atoms with van der Waals surface area (Å²) in [4.78, 5) is 0. The van der Waals surface area contributed by atoms with Crippen LogP contribution in [0.4, 0.5) is 0 Å². The summed E-state index contributed by atoms with van der Waals surface area (Å²) in [7, 11) is 0. The predicted molar refractivity (Wildman–Crippen MR) is 66.3 cm³/mol. The fourth-order valence-corrected chi connectivity index (χ4v) is 3.50. The van der Waals surface area contributed by atoms with Gasteiger partial charge in [0.25, 0.3) is 0 Å². The first-order chi connectivity index (χ1) is 7.54. The number of ether oxygens (including phenoxy) is 1. The lowest BCUT2D eigenvalue weighted by molar-refractivity contribution is -0.225. The highest BCUT2D eigenvalue weighted by molar-refractivity contribution is 5.20. The molecule has 3 N–H and O–H groups in total. The molecule has 16 heavy (non-hydrogen) atoms. The van der Waals surface area contributed by atoms with Crippen molar-refractivity contribution < 1.29 is 4.74 Å². The van der Waals surface area contributed by atoms with Gasteiger partial charge in [0.05, 0.1) is 6.10 Å². The molecule has 2 aliphatic rings. The monoisotopic (exact) mass is 226 g/mol. The molecule has 1 saturated carbocycles. The molecule has 0 radical (unpaired) electrons. The zero-order valence-corrected chi connectivity index (χ0v) is 10.9. The van der Waals surface area contributed by atoms with Gasteiger partial charge in [0, 0.05) is 30.0 Å². The molecule has 1 aliphatic heterocycles. The van der Waals surface area contributed by atoms with E-state index in [1.165, 1.54) is 19.3 Å². The number of nitrogens with one attached hydrogen (secondary N) is 1. The third kappa shape index (κ3) is 1.60. The molecule has 0 aromatic heterocycles. The fraction of sp³-hybridized carbons (Fsp3) is 1.00. The molecule has 0 aromatic carbocycles. The van der Waals surface area contributed by atoms with Gasteiger partial charge >= 0.3 is 0 Å². The molecule has 0 bridgehead atoms. The van der Waals surface area contributed by atoms with E-state index in [4.69, 9.17) is 10.5 Å². The van der Waals surface area contributed by atoms with Gasteiger partial charge < -0.3 is 15.8 Å². The average Bonchev–Trinajstić information content (AvgIpc) is 2.29. The Morgan fingerprint density at radius 3 is 2.88 bits per heavy atom. The molecule has 1 aliphatic carbocycles. The second-order valence-electron chi connectivity index (χ2n) is 5.98. The minimum absolute atomic E-state index is 0.0761. The van der Waals surface area contributed by atoms with Crippen LogP contribution >= 0.6 is 0 Å². The Morgan fingerprint density at radius 2 is 2.19 bits per heavy atom. The van der Waals surface area contributed by atoms with Crippen LogP contribution in [0.25, 0.3) is 0 Å². The average molecular weight is 226 g/mol. The molecule has 3 atom stereocenters. The summed E-state index contributed by atoms with van der Waals surface area (Å²) in [6.07, 6.45) is 3.96. The van der Waals surface area contributed by atoms with Crippen LogP contribution in [0.1, 0.15) is 40.0 Å². The van der Waals surface area contributed by atoms with Crippen LogP contribution in [-0.4, -0.2) is 31.3 Å². The van der Waals surface area contributed by atoms with Gasteiger partial charge in [-0.2, -0.15) is 0 Å². The van der Waals surface area contributed by atoms with Crippen molar-refractivity contribution in [3.05, 3.63) is 0 Å². The minimum Gasteiger partial charge on any atom is -0.377 e. The molecule has 3 nitrogen and oxygen atoms in total. The van der Waals surface area contributed by atoms with Gasteiger partial charge in [-0.25, -0.2) is 0 Å². The molecule has 3 unspecified atom stereocenters. The zero-order chi connectivity index (χ0) is 11.8. The van der Waals surface area contributed by atoms with E-state index in [-0.39, 0.29) is 11.0 Å². The highest BCUT2D eigenvalue weighted by Gasteiger charge is 2.65. The lowest BCUT2D eigenvalue weighted by Gasteiger charge is -2.66. The lowest BCUT2D eigenvalue weighted by atomic mass is 9.46. The van der Waals surface area contributed by atoms with Crippen molar-refractivity contribution in [2.24, 2.45) is 17.1 Å². The summed E-state index contributed by atoms with van der Waals surface area (Å²) < 4.78 is 5.89. The van der Waals surface area contributed by atoms with Crippen molar-refractivity contribution in [2.45, 2.75) is 51.7 Å². The Kier molecular flexibility index (Phi) is 3.30. The van der Waals surface area contributed by atoms with Gasteiger partial charge in [0.1, 0.15) is 0 Å². The highest BCUT2D eigenvalue weighted by Crippen LogP contribution is 2.56. The van der Waals surface area contributed by atoms with E-state index in [1.54, 1.807) is 0 Å². The van der Waals surface area contributed by atoms with Gasteiger partial charge in [0.15, 0.2) is 0 Å². The maximum Gasteiger partial charge on any atom is 0.0690 e. The second-order valence-corrected chi connectivity index (χ2v) is 5.98. The minimum atomic E-state index is -0.0761. The smallest absolute Gasteiger partial charge is 0.0690 e. The molecular weight excluding hydrogens is 200 g/mol. The Hall–Kier alpha value is -0.120. The van der Waals surface area contributed by atoms with E-state index in [0.29, 0.717) is 12.0 Å². The number of rotatable bonds is 4. The summed E-state index contributed by atoms with van der Waals surface area (Å²) in [5, 5.41) is 3.49. The van der Waals surface area contributed by atoms with E-state index in [9.17, 15) is 0 Å². The van der Waals surface area contributed by atoms with Gasteiger partial charge in [-0.15, -0.1) is 0 Å². The maximum absolute atomic E-state index is 6.63. The summed E-state index contributed by atoms with van der Waals surface area (Å²) in [6, 6.07) is 0. The first-order valence-electron chi connectivity index (χ1n) is 6.65. The fourth-order valence-electron chi connectivity index (χ4n) is 3.50. The van der Waals surface area contributed by atoms with E-state index in [0.717, 1.165) is 19.7 Å². The van der Waals surface area contributed by atoms with Gasteiger partial charge in [-0.3, -0.25) is 0 Å². The quantitative estimate of drug-likeness (QED) is 0.715. The van der Waals surface area contributed by atoms with Gasteiger partial charge in [-0.1, -0.05) is 20.8 Å². The first kappa shape index (κ1) is 12.3. The number of hydrogen-bond donors (Lipinski definition) is 2. The Morgan fingerprint density at radius 1 is 1.44 bits per heavy atom. The summed E-state index contributed by atoms with van der Waals surface area (Å²) >= 11 is 0. The largest absolute Gasteiger partial charge is 0.377 e.